The highest BCUT2D eigenvalue weighted by Crippen LogP contribution is 2.33. The number of anilines is 1. The molecule has 3 nitrogen and oxygen atoms in total. The van der Waals surface area contributed by atoms with Crippen molar-refractivity contribution >= 4 is 21.6 Å². The lowest BCUT2D eigenvalue weighted by Gasteiger charge is -2.37. The molecule has 2 unspecified atom stereocenters. The van der Waals surface area contributed by atoms with E-state index in [2.05, 4.69) is 58.2 Å². The van der Waals surface area contributed by atoms with Gasteiger partial charge < -0.3 is 15.3 Å². The van der Waals surface area contributed by atoms with Gasteiger partial charge >= 0.3 is 0 Å². The molecule has 0 radical (unpaired) electrons. The van der Waals surface area contributed by atoms with E-state index in [1.807, 2.05) is 0 Å². The van der Waals surface area contributed by atoms with E-state index in [1.165, 1.54) is 24.1 Å². The van der Waals surface area contributed by atoms with Crippen LogP contribution in [0, 0.1) is 0 Å². The lowest BCUT2D eigenvalue weighted by atomic mass is 10.0. The Morgan fingerprint density at radius 3 is 2.90 bits per heavy atom. The van der Waals surface area contributed by atoms with Crippen molar-refractivity contribution in [1.29, 1.82) is 0 Å². The maximum Gasteiger partial charge on any atom is 0.0635 e. The maximum absolute atomic E-state index is 9.59. The van der Waals surface area contributed by atoms with Gasteiger partial charge in [0.25, 0.3) is 0 Å². The molecular weight excluding hydrogens is 328 g/mol. The van der Waals surface area contributed by atoms with Gasteiger partial charge in [-0.05, 0) is 72.8 Å². The zero-order valence-electron chi connectivity index (χ0n) is 13.1. The van der Waals surface area contributed by atoms with Crippen LogP contribution in [0.3, 0.4) is 0 Å². The third-order valence-electron chi connectivity index (χ3n) is 4.32. The average Bonchev–Trinajstić information content (AvgIpc) is 2.52. The van der Waals surface area contributed by atoms with Gasteiger partial charge in [-0.3, -0.25) is 0 Å². The lowest BCUT2D eigenvalue weighted by molar-refractivity contribution is 0.240. The number of hydrogen-bond acceptors (Lipinski definition) is 3. The second-order valence-electron chi connectivity index (χ2n) is 5.91. The molecule has 1 aromatic rings. The first-order valence-electron chi connectivity index (χ1n) is 8.07. The normalized spacial score (nSPS) is 20.6. The van der Waals surface area contributed by atoms with Gasteiger partial charge in [0.2, 0.25) is 0 Å². The minimum absolute atomic E-state index is 0.239. The fourth-order valence-electron chi connectivity index (χ4n) is 3.01. The Labute approximate surface area is 136 Å². The Bertz CT molecular complexity index is 452. The van der Waals surface area contributed by atoms with Crippen LogP contribution in [0.4, 0.5) is 5.69 Å². The van der Waals surface area contributed by atoms with E-state index in [-0.39, 0.29) is 12.6 Å². The predicted molar refractivity (Wildman–Crippen MR) is 92.9 cm³/mol. The molecule has 0 aliphatic carbocycles. The molecule has 2 N–H and O–H groups in total. The summed E-state index contributed by atoms with van der Waals surface area (Å²) in [5.74, 6) is 0. The highest BCUT2D eigenvalue weighted by molar-refractivity contribution is 9.10. The number of hydrogen-bond donors (Lipinski definition) is 2. The van der Waals surface area contributed by atoms with Crippen LogP contribution in [0.5, 0.6) is 0 Å². The van der Waals surface area contributed by atoms with E-state index in [4.69, 9.17) is 0 Å². The Morgan fingerprint density at radius 2 is 2.24 bits per heavy atom. The van der Waals surface area contributed by atoms with Crippen LogP contribution >= 0.6 is 15.9 Å². The van der Waals surface area contributed by atoms with Gasteiger partial charge in [-0.15, -0.1) is 0 Å². The molecule has 0 amide bonds. The van der Waals surface area contributed by atoms with Crippen molar-refractivity contribution in [3.63, 3.8) is 0 Å². The number of nitrogens with one attached hydrogen (secondary N) is 1. The van der Waals surface area contributed by atoms with E-state index >= 15 is 0 Å². The third kappa shape index (κ3) is 4.21. The Balaban J connectivity index is 2.14. The molecule has 21 heavy (non-hydrogen) atoms. The molecule has 4 heteroatoms. The summed E-state index contributed by atoms with van der Waals surface area (Å²) >= 11 is 3.72. The molecule has 0 aromatic heterocycles. The summed E-state index contributed by atoms with van der Waals surface area (Å²) in [6.07, 6.45) is 4.66. The van der Waals surface area contributed by atoms with Gasteiger partial charge in [0, 0.05) is 17.1 Å². The van der Waals surface area contributed by atoms with Gasteiger partial charge in [0.15, 0.2) is 0 Å². The second-order valence-corrected chi connectivity index (χ2v) is 6.77. The van der Waals surface area contributed by atoms with E-state index in [9.17, 15) is 5.11 Å². The van der Waals surface area contributed by atoms with Crippen molar-refractivity contribution in [2.75, 3.05) is 24.6 Å². The number of halogens is 1. The highest BCUT2D eigenvalue weighted by Gasteiger charge is 2.23. The first-order chi connectivity index (χ1) is 10.2. The average molecular weight is 355 g/mol. The van der Waals surface area contributed by atoms with E-state index in [0.29, 0.717) is 6.04 Å². The fraction of sp³-hybridized carbons (Fsp3) is 0.647. The third-order valence-corrected chi connectivity index (χ3v) is 4.95. The molecule has 1 aromatic carbocycles. The van der Waals surface area contributed by atoms with Crippen LogP contribution in [-0.4, -0.2) is 30.8 Å². The zero-order chi connectivity index (χ0) is 15.2. The van der Waals surface area contributed by atoms with Crippen LogP contribution in [0.1, 0.15) is 51.1 Å². The van der Waals surface area contributed by atoms with E-state index < -0.39 is 0 Å². The summed E-state index contributed by atoms with van der Waals surface area (Å²) in [5.41, 5.74) is 2.51. The van der Waals surface area contributed by atoms with Gasteiger partial charge in [-0.1, -0.05) is 13.0 Å². The molecule has 1 saturated heterocycles. The number of rotatable bonds is 6. The standard InChI is InChI=1S/C17H27BrN2O/c1-3-9-19-13(2)14-7-8-17(16(18)11-14)20-10-5-4-6-15(20)12-21/h7-8,11,13,15,19,21H,3-6,9-10,12H2,1-2H3. The van der Waals surface area contributed by atoms with Gasteiger partial charge in [0.05, 0.1) is 18.3 Å². The van der Waals surface area contributed by atoms with Crippen molar-refractivity contribution in [2.45, 2.75) is 51.6 Å². The van der Waals surface area contributed by atoms with Crippen molar-refractivity contribution < 1.29 is 5.11 Å². The SMILES string of the molecule is CCCNC(C)c1ccc(N2CCCCC2CO)c(Br)c1. The largest absolute Gasteiger partial charge is 0.394 e. The summed E-state index contributed by atoms with van der Waals surface area (Å²) in [6, 6.07) is 7.24. The Hall–Kier alpha value is -0.580. The monoisotopic (exact) mass is 354 g/mol. The minimum Gasteiger partial charge on any atom is -0.394 e. The maximum atomic E-state index is 9.59. The lowest BCUT2D eigenvalue weighted by Crippen LogP contribution is -2.42. The van der Waals surface area contributed by atoms with E-state index in [0.717, 1.165) is 30.4 Å². The Kier molecular flexibility index (Phi) is 6.52. The number of aliphatic hydroxyl groups is 1. The fourth-order valence-corrected chi connectivity index (χ4v) is 3.64. The van der Waals surface area contributed by atoms with Crippen molar-refractivity contribution in [2.24, 2.45) is 0 Å². The summed E-state index contributed by atoms with van der Waals surface area (Å²) in [7, 11) is 0. The van der Waals surface area contributed by atoms with Gasteiger partial charge in [-0.25, -0.2) is 0 Å². The van der Waals surface area contributed by atoms with Crippen LogP contribution in [0.15, 0.2) is 22.7 Å². The number of nitrogens with zero attached hydrogens (tertiary/aromatic N) is 1. The van der Waals surface area contributed by atoms with Crippen LogP contribution in [-0.2, 0) is 0 Å². The first-order valence-corrected chi connectivity index (χ1v) is 8.87. The molecule has 118 valence electrons. The summed E-state index contributed by atoms with van der Waals surface area (Å²) < 4.78 is 1.13. The topological polar surface area (TPSA) is 35.5 Å². The summed E-state index contributed by atoms with van der Waals surface area (Å²) in [4.78, 5) is 2.35. The molecule has 0 bridgehead atoms. The van der Waals surface area contributed by atoms with E-state index in [1.54, 1.807) is 0 Å². The van der Waals surface area contributed by atoms with Crippen LogP contribution < -0.4 is 10.2 Å². The quantitative estimate of drug-likeness (QED) is 0.813. The van der Waals surface area contributed by atoms with Crippen molar-refractivity contribution in [1.82, 2.24) is 5.32 Å². The molecule has 1 heterocycles. The number of piperidine rings is 1. The first kappa shape index (κ1) is 16.8. The summed E-state index contributed by atoms with van der Waals surface area (Å²) in [6.45, 7) is 6.70. The molecular formula is C17H27BrN2O. The molecule has 1 aliphatic rings. The molecule has 0 saturated carbocycles. The van der Waals surface area contributed by atoms with Gasteiger partial charge in [-0.2, -0.15) is 0 Å². The summed E-state index contributed by atoms with van der Waals surface area (Å²) in [5, 5.41) is 13.1. The molecule has 1 aliphatic heterocycles. The van der Waals surface area contributed by atoms with Crippen molar-refractivity contribution in [3.8, 4) is 0 Å². The van der Waals surface area contributed by atoms with Crippen LogP contribution in [0.2, 0.25) is 0 Å². The number of aliphatic hydroxyl groups excluding tert-OH is 1. The zero-order valence-corrected chi connectivity index (χ0v) is 14.7. The molecule has 1 fully saturated rings. The molecule has 0 spiro atoms. The van der Waals surface area contributed by atoms with Gasteiger partial charge in [0.1, 0.15) is 0 Å². The van der Waals surface area contributed by atoms with Crippen LogP contribution in [0.25, 0.3) is 0 Å². The molecule has 2 atom stereocenters. The number of benzene rings is 1. The second kappa shape index (κ2) is 8.16. The smallest absolute Gasteiger partial charge is 0.0635 e. The highest BCUT2D eigenvalue weighted by atomic mass is 79.9. The Morgan fingerprint density at radius 1 is 1.43 bits per heavy atom. The molecule has 2 rings (SSSR count). The van der Waals surface area contributed by atoms with Crippen molar-refractivity contribution in [3.05, 3.63) is 28.2 Å². The minimum atomic E-state index is 0.239. The predicted octanol–water partition coefficient (Wildman–Crippen LogP) is 3.86.